The number of hydrogen-bond acceptors (Lipinski definition) is 4. The molecule has 6 nitrogen and oxygen atoms in total. The minimum atomic E-state index is -3.74. The van der Waals surface area contributed by atoms with E-state index < -0.39 is 22.2 Å². The van der Waals surface area contributed by atoms with Crippen LogP contribution in [0.3, 0.4) is 0 Å². The Morgan fingerprint density at radius 3 is 2.58 bits per heavy atom. The summed E-state index contributed by atoms with van der Waals surface area (Å²) in [5, 5.41) is 21.1. The molecule has 0 unspecified atom stereocenters. The Labute approximate surface area is 142 Å². The zero-order chi connectivity index (χ0) is 17.7. The number of nitriles is 1. The molecule has 0 bridgehead atoms. The second-order valence-corrected chi connectivity index (χ2v) is 7.65. The summed E-state index contributed by atoms with van der Waals surface area (Å²) >= 11 is 0. The number of aliphatic hydroxyl groups is 1. The van der Waals surface area contributed by atoms with E-state index in [-0.39, 0.29) is 13.1 Å². The van der Waals surface area contributed by atoms with Crippen LogP contribution in [0.15, 0.2) is 42.5 Å². The summed E-state index contributed by atoms with van der Waals surface area (Å²) in [6.45, 7) is 1.61. The van der Waals surface area contributed by atoms with Crippen LogP contribution in [0.1, 0.15) is 18.6 Å². The Kier molecular flexibility index (Phi) is 5.91. The number of nitrogens with one attached hydrogen (secondary N) is 1. The summed E-state index contributed by atoms with van der Waals surface area (Å²) in [4.78, 5) is 0. The van der Waals surface area contributed by atoms with Crippen molar-refractivity contribution in [3.63, 3.8) is 0 Å². The van der Waals surface area contributed by atoms with Crippen molar-refractivity contribution in [2.75, 3.05) is 20.1 Å². The van der Waals surface area contributed by atoms with Gasteiger partial charge < -0.3 is 5.11 Å². The van der Waals surface area contributed by atoms with Crippen LogP contribution in [0.2, 0.25) is 0 Å². The highest BCUT2D eigenvalue weighted by Gasteiger charge is 2.21. The third kappa shape index (κ3) is 4.52. The molecule has 0 radical (unpaired) electrons. The summed E-state index contributed by atoms with van der Waals surface area (Å²) in [6.07, 6.45) is -0.953. The van der Waals surface area contributed by atoms with Crippen molar-refractivity contribution in [3.05, 3.63) is 48.0 Å². The van der Waals surface area contributed by atoms with Gasteiger partial charge in [0, 0.05) is 20.1 Å². The van der Waals surface area contributed by atoms with Gasteiger partial charge in [0.05, 0.1) is 18.1 Å². The number of fused-ring (bicyclic) bond motifs is 1. The second kappa shape index (κ2) is 7.73. The van der Waals surface area contributed by atoms with Gasteiger partial charge >= 0.3 is 0 Å². The van der Waals surface area contributed by atoms with Crippen molar-refractivity contribution in [1.82, 2.24) is 9.03 Å². The monoisotopic (exact) mass is 347 g/mol. The van der Waals surface area contributed by atoms with E-state index in [1.54, 1.807) is 13.0 Å². The first-order valence-electron chi connectivity index (χ1n) is 7.61. The van der Waals surface area contributed by atoms with E-state index in [1.807, 2.05) is 42.5 Å². The van der Waals surface area contributed by atoms with Gasteiger partial charge in [0.15, 0.2) is 0 Å². The lowest BCUT2D eigenvalue weighted by Crippen LogP contribution is -2.41. The van der Waals surface area contributed by atoms with Crippen molar-refractivity contribution in [2.45, 2.75) is 13.0 Å². The van der Waals surface area contributed by atoms with E-state index in [0.717, 1.165) is 15.1 Å². The first kappa shape index (κ1) is 18.4. The standard InChI is InChI=1S/C17H21N3O3S/c1-13(10-18)12-20(2)24(22,23)19-11-17(21)16-8-7-14-5-3-4-6-15(14)9-16/h3-9,13,17,19,21H,11-12H2,1-2H3/t13-,17+/m1/s1. The van der Waals surface area contributed by atoms with Crippen LogP contribution in [0, 0.1) is 17.2 Å². The summed E-state index contributed by atoms with van der Waals surface area (Å²) in [7, 11) is -2.34. The molecular weight excluding hydrogens is 326 g/mol. The van der Waals surface area contributed by atoms with Gasteiger partial charge in [0.1, 0.15) is 0 Å². The molecule has 2 atom stereocenters. The summed E-state index contributed by atoms with van der Waals surface area (Å²) in [5.41, 5.74) is 0.643. The van der Waals surface area contributed by atoms with Crippen molar-refractivity contribution in [1.29, 1.82) is 5.26 Å². The molecule has 0 saturated carbocycles. The maximum Gasteiger partial charge on any atom is 0.279 e. The largest absolute Gasteiger partial charge is 0.387 e. The normalized spacial score (nSPS) is 14.5. The second-order valence-electron chi connectivity index (χ2n) is 5.79. The molecular formula is C17H21N3O3S. The zero-order valence-corrected chi connectivity index (χ0v) is 14.5. The first-order chi connectivity index (χ1) is 11.3. The Bertz CT molecular complexity index is 846. The quantitative estimate of drug-likeness (QED) is 0.798. The molecule has 2 aromatic carbocycles. The van der Waals surface area contributed by atoms with Crippen LogP contribution in [0.25, 0.3) is 10.8 Å². The SMILES string of the molecule is C[C@H](C#N)CN(C)S(=O)(=O)NC[C@H](O)c1ccc2ccccc2c1. The molecule has 0 aliphatic heterocycles. The molecule has 0 aliphatic carbocycles. The molecule has 0 saturated heterocycles. The van der Waals surface area contributed by atoms with Gasteiger partial charge in [-0.2, -0.15) is 22.7 Å². The molecule has 0 amide bonds. The van der Waals surface area contributed by atoms with E-state index in [0.29, 0.717) is 5.56 Å². The van der Waals surface area contributed by atoms with Gasteiger partial charge in [0.25, 0.3) is 10.2 Å². The predicted octanol–water partition coefficient (Wildman–Crippen LogP) is 1.80. The van der Waals surface area contributed by atoms with E-state index in [9.17, 15) is 13.5 Å². The fraction of sp³-hybridized carbons (Fsp3) is 0.353. The highest BCUT2D eigenvalue weighted by atomic mass is 32.2. The Morgan fingerprint density at radius 2 is 1.92 bits per heavy atom. The number of hydrogen-bond donors (Lipinski definition) is 2. The van der Waals surface area contributed by atoms with E-state index in [1.165, 1.54) is 7.05 Å². The Morgan fingerprint density at radius 1 is 1.25 bits per heavy atom. The maximum absolute atomic E-state index is 12.1. The molecule has 0 aliphatic rings. The molecule has 0 aromatic heterocycles. The average Bonchev–Trinajstić information content (AvgIpc) is 2.59. The van der Waals surface area contributed by atoms with Crippen LogP contribution in [-0.2, 0) is 10.2 Å². The van der Waals surface area contributed by atoms with Gasteiger partial charge in [-0.15, -0.1) is 0 Å². The topological polar surface area (TPSA) is 93.4 Å². The van der Waals surface area contributed by atoms with Crippen molar-refractivity contribution in [2.24, 2.45) is 5.92 Å². The lowest BCUT2D eigenvalue weighted by atomic mass is 10.0. The van der Waals surface area contributed by atoms with Crippen molar-refractivity contribution >= 4 is 21.0 Å². The highest BCUT2D eigenvalue weighted by Crippen LogP contribution is 2.20. The summed E-state index contributed by atoms with van der Waals surface area (Å²) in [5.74, 6) is -0.406. The molecule has 2 aromatic rings. The number of aliphatic hydroxyl groups excluding tert-OH is 1. The summed E-state index contributed by atoms with van der Waals surface area (Å²) < 4.78 is 27.7. The van der Waals surface area contributed by atoms with Gasteiger partial charge in [0.2, 0.25) is 0 Å². The fourth-order valence-electron chi connectivity index (χ4n) is 2.35. The van der Waals surface area contributed by atoms with Gasteiger partial charge in [-0.3, -0.25) is 0 Å². The maximum atomic E-state index is 12.1. The lowest BCUT2D eigenvalue weighted by Gasteiger charge is -2.20. The summed E-state index contributed by atoms with van der Waals surface area (Å²) in [6, 6.07) is 15.3. The predicted molar refractivity (Wildman–Crippen MR) is 93.2 cm³/mol. The smallest absolute Gasteiger partial charge is 0.279 e. The third-order valence-corrected chi connectivity index (χ3v) is 5.28. The van der Waals surface area contributed by atoms with Crippen molar-refractivity contribution in [3.8, 4) is 6.07 Å². The van der Waals surface area contributed by atoms with E-state index >= 15 is 0 Å². The van der Waals surface area contributed by atoms with Gasteiger partial charge in [-0.05, 0) is 29.3 Å². The third-order valence-electron chi connectivity index (χ3n) is 3.78. The van der Waals surface area contributed by atoms with E-state index in [4.69, 9.17) is 5.26 Å². The minimum absolute atomic E-state index is 0.0951. The Balaban J connectivity index is 2.03. The number of nitrogens with zero attached hydrogens (tertiary/aromatic N) is 2. The van der Waals surface area contributed by atoms with Crippen molar-refractivity contribution < 1.29 is 13.5 Å². The average molecular weight is 347 g/mol. The first-order valence-corrected chi connectivity index (χ1v) is 9.05. The van der Waals surface area contributed by atoms with Crippen LogP contribution in [-0.4, -0.2) is 38.0 Å². The van der Waals surface area contributed by atoms with Gasteiger partial charge in [-0.25, -0.2) is 0 Å². The van der Waals surface area contributed by atoms with Crippen LogP contribution < -0.4 is 4.72 Å². The molecule has 0 heterocycles. The molecule has 128 valence electrons. The van der Waals surface area contributed by atoms with Crippen LogP contribution in [0.4, 0.5) is 0 Å². The molecule has 7 heteroatoms. The fourth-order valence-corrected chi connectivity index (χ4v) is 3.36. The Hall–Kier alpha value is -1.98. The van der Waals surface area contributed by atoms with E-state index in [2.05, 4.69) is 4.72 Å². The molecule has 0 fully saturated rings. The number of rotatable bonds is 7. The molecule has 24 heavy (non-hydrogen) atoms. The zero-order valence-electron chi connectivity index (χ0n) is 13.7. The molecule has 2 N–H and O–H groups in total. The molecule has 2 rings (SSSR count). The van der Waals surface area contributed by atoms with Gasteiger partial charge in [-0.1, -0.05) is 36.4 Å². The highest BCUT2D eigenvalue weighted by molar-refractivity contribution is 7.87. The number of benzene rings is 2. The van der Waals surface area contributed by atoms with Crippen LogP contribution in [0.5, 0.6) is 0 Å². The molecule has 0 spiro atoms. The minimum Gasteiger partial charge on any atom is -0.387 e. The lowest BCUT2D eigenvalue weighted by molar-refractivity contribution is 0.181. The van der Waals surface area contributed by atoms with Crippen LogP contribution >= 0.6 is 0 Å².